The summed E-state index contributed by atoms with van der Waals surface area (Å²) < 4.78 is 41.0. The van der Waals surface area contributed by atoms with Gasteiger partial charge < -0.3 is 38.6 Å². The van der Waals surface area contributed by atoms with Gasteiger partial charge in [0.05, 0.1) is 45.4 Å². The third-order valence-corrected chi connectivity index (χ3v) is 10.2. The van der Waals surface area contributed by atoms with E-state index < -0.39 is 54.7 Å². The van der Waals surface area contributed by atoms with Gasteiger partial charge in [0.1, 0.15) is 35.8 Å². The van der Waals surface area contributed by atoms with Crippen molar-refractivity contribution in [2.45, 2.75) is 82.1 Å². The summed E-state index contributed by atoms with van der Waals surface area (Å²) in [4.78, 5) is 24.7. The Kier molecular flexibility index (Phi) is 15.1. The molecule has 7 atom stereocenters. The number of rotatable bonds is 22. The molecule has 2 N–H and O–H groups in total. The van der Waals surface area contributed by atoms with Crippen LogP contribution in [0, 0.1) is 0 Å². The number of benzene rings is 4. The number of aliphatic carboxylic acids is 2. The quantitative estimate of drug-likeness (QED) is 0.0902. The Morgan fingerprint density at radius 3 is 1.48 bits per heavy atom. The van der Waals surface area contributed by atoms with Crippen LogP contribution in [0.1, 0.15) is 45.7 Å². The molecule has 1 saturated heterocycles. The highest BCUT2D eigenvalue weighted by molar-refractivity contribution is 5.72. The molecule has 16 nitrogen and oxygen atoms in total. The number of carbonyl (C=O) groups is 2. The van der Waals surface area contributed by atoms with E-state index in [4.69, 9.17) is 28.4 Å². The normalized spacial score (nSPS) is 19.9. The van der Waals surface area contributed by atoms with E-state index in [9.17, 15) is 19.8 Å². The molecule has 0 amide bonds. The Balaban J connectivity index is 1.14. The van der Waals surface area contributed by atoms with Crippen molar-refractivity contribution in [1.82, 2.24) is 30.0 Å². The molecule has 1 fully saturated rings. The van der Waals surface area contributed by atoms with E-state index in [-0.39, 0.29) is 39.3 Å². The average Bonchev–Trinajstić information content (AvgIpc) is 3.97. The van der Waals surface area contributed by atoms with Crippen LogP contribution in [0.4, 0.5) is 0 Å². The lowest BCUT2D eigenvalue weighted by molar-refractivity contribution is -0.323. The van der Waals surface area contributed by atoms with Crippen molar-refractivity contribution in [2.75, 3.05) is 13.7 Å². The fraction of sp³-hybridized carbons (Fsp3) is 0.333. The van der Waals surface area contributed by atoms with Gasteiger partial charge in [-0.1, -0.05) is 132 Å². The van der Waals surface area contributed by atoms with Gasteiger partial charge in [-0.3, -0.25) is 0 Å². The van der Waals surface area contributed by atoms with Crippen LogP contribution in [0.5, 0.6) is 0 Å². The van der Waals surface area contributed by atoms with Gasteiger partial charge >= 0.3 is 11.9 Å². The highest BCUT2D eigenvalue weighted by Gasteiger charge is 2.49. The lowest BCUT2D eigenvalue weighted by Crippen LogP contribution is -2.61. The summed E-state index contributed by atoms with van der Waals surface area (Å²) in [5.41, 5.74) is 4.31. The molecule has 1 aliphatic heterocycles. The monoisotopic (exact) mass is 832 g/mol. The van der Waals surface area contributed by atoms with Crippen LogP contribution in [0.25, 0.3) is 0 Å². The zero-order chi connectivity index (χ0) is 42.4. The van der Waals surface area contributed by atoms with Gasteiger partial charge in [0.2, 0.25) is 0 Å². The fourth-order valence-electron chi connectivity index (χ4n) is 7.09. The Morgan fingerprint density at radius 2 is 1.02 bits per heavy atom. The van der Waals surface area contributed by atoms with Gasteiger partial charge in [-0.25, -0.2) is 19.0 Å². The maximum atomic E-state index is 12.4. The van der Waals surface area contributed by atoms with E-state index in [2.05, 4.69) is 20.6 Å². The molecule has 1 aliphatic rings. The van der Waals surface area contributed by atoms with Crippen LogP contribution in [-0.4, -0.2) is 96.6 Å². The third kappa shape index (κ3) is 11.8. The molecule has 7 rings (SSSR count). The average molecular weight is 833 g/mol. The van der Waals surface area contributed by atoms with Gasteiger partial charge in [0.15, 0.2) is 18.4 Å². The number of methoxy groups -OCH3 is 1. The molecule has 0 bridgehead atoms. The summed E-state index contributed by atoms with van der Waals surface area (Å²) in [5, 5.41) is 37.1. The standard InChI is InChI=1S/C45H48N6O10/c1-56-45-42(60-29-36-25-51(49-47-36)38(44(54)55)23-32-16-8-3-9-17-32)41(59-28-35-24-50(48-46-35)37(43(52)53)22-31-14-6-2-7-15-31)40(58-27-34-20-12-5-13-21-34)39(61-45)30-57-26-33-18-10-4-11-19-33/h2-21,24-25,37-42,45H,22-23,26-30H2,1H3,(H,52,53)(H,54,55)/t37-,38-,39+,40+,41-,42+,45-/m0/s1. The van der Waals surface area contributed by atoms with Crippen molar-refractivity contribution in [3.8, 4) is 0 Å². The molecular weight excluding hydrogens is 785 g/mol. The number of carboxylic acid groups (broad SMARTS) is 2. The summed E-state index contributed by atoms with van der Waals surface area (Å²) >= 11 is 0. The second-order valence-corrected chi connectivity index (χ2v) is 14.6. The summed E-state index contributed by atoms with van der Waals surface area (Å²) in [6, 6.07) is 36.0. The van der Waals surface area contributed by atoms with Crippen molar-refractivity contribution in [1.29, 1.82) is 0 Å². The molecule has 2 aromatic heterocycles. The van der Waals surface area contributed by atoms with E-state index in [0.717, 1.165) is 22.3 Å². The maximum Gasteiger partial charge on any atom is 0.328 e. The molecule has 4 aromatic carbocycles. The lowest BCUT2D eigenvalue weighted by atomic mass is 9.98. The first-order valence-corrected chi connectivity index (χ1v) is 19.9. The van der Waals surface area contributed by atoms with Crippen LogP contribution < -0.4 is 0 Å². The van der Waals surface area contributed by atoms with Gasteiger partial charge in [-0.05, 0) is 22.3 Å². The van der Waals surface area contributed by atoms with Crippen LogP contribution >= 0.6 is 0 Å². The lowest BCUT2D eigenvalue weighted by Gasteiger charge is -2.45. The smallest absolute Gasteiger partial charge is 0.328 e. The summed E-state index contributed by atoms with van der Waals surface area (Å²) in [7, 11) is 1.49. The van der Waals surface area contributed by atoms with Crippen molar-refractivity contribution < 1.29 is 48.2 Å². The second kappa shape index (κ2) is 21.4. The topological polar surface area (TPSA) is 191 Å². The highest BCUT2D eigenvalue weighted by atomic mass is 16.7. The first kappa shape index (κ1) is 43.0. The Labute approximate surface area is 352 Å². The number of hydrogen-bond acceptors (Lipinski definition) is 12. The second-order valence-electron chi connectivity index (χ2n) is 14.6. The maximum absolute atomic E-state index is 12.4. The Morgan fingerprint density at radius 1 is 0.590 bits per heavy atom. The third-order valence-electron chi connectivity index (χ3n) is 10.2. The number of aromatic nitrogens is 6. The van der Waals surface area contributed by atoms with E-state index in [1.165, 1.54) is 16.5 Å². The van der Waals surface area contributed by atoms with Crippen LogP contribution in [-0.2, 0) is 77.3 Å². The first-order chi connectivity index (χ1) is 29.8. The summed E-state index contributed by atoms with van der Waals surface area (Å²) in [6.45, 7) is 0.433. The minimum absolute atomic E-state index is 0.0998. The van der Waals surface area contributed by atoms with Crippen LogP contribution in [0.2, 0.25) is 0 Å². The minimum Gasteiger partial charge on any atom is -0.480 e. The molecule has 0 aliphatic carbocycles. The Hall–Kier alpha value is -6.14. The molecule has 0 unspecified atom stereocenters. The number of hydrogen-bond donors (Lipinski definition) is 2. The number of carboxylic acids is 2. The highest BCUT2D eigenvalue weighted by Crippen LogP contribution is 2.31. The Bertz CT molecular complexity index is 2250. The van der Waals surface area contributed by atoms with E-state index in [1.807, 2.05) is 121 Å². The van der Waals surface area contributed by atoms with Crippen LogP contribution in [0.3, 0.4) is 0 Å². The fourth-order valence-corrected chi connectivity index (χ4v) is 7.09. The van der Waals surface area contributed by atoms with Gasteiger partial charge in [-0.15, -0.1) is 10.2 Å². The molecule has 0 spiro atoms. The number of ether oxygens (including phenoxy) is 6. The van der Waals surface area contributed by atoms with Crippen molar-refractivity contribution >= 4 is 11.9 Å². The van der Waals surface area contributed by atoms with Crippen LogP contribution in [0.15, 0.2) is 134 Å². The van der Waals surface area contributed by atoms with Crippen molar-refractivity contribution in [3.63, 3.8) is 0 Å². The molecule has 0 saturated carbocycles. The molecule has 318 valence electrons. The largest absolute Gasteiger partial charge is 0.480 e. The molecule has 6 aromatic rings. The predicted octanol–water partition coefficient (Wildman–Crippen LogP) is 5.25. The molecule has 61 heavy (non-hydrogen) atoms. The zero-order valence-corrected chi connectivity index (χ0v) is 33.5. The van der Waals surface area contributed by atoms with E-state index >= 15 is 0 Å². The SMILES string of the molecule is CO[C@H]1O[C@H](COCc2ccccc2)[C@@H](OCc2ccccc2)[C@H](OCc2cn([C@@H](Cc3ccccc3)C(=O)O)nn2)[C@H]1OCc1cn([C@@H](Cc2ccccc2)C(=O)O)nn1. The van der Waals surface area contributed by atoms with Crippen molar-refractivity contribution in [3.05, 3.63) is 167 Å². The molecule has 3 heterocycles. The molecule has 0 radical (unpaired) electrons. The summed E-state index contributed by atoms with van der Waals surface area (Å²) in [5.74, 6) is -2.11. The summed E-state index contributed by atoms with van der Waals surface area (Å²) in [6.07, 6.45) is -0.772. The predicted molar refractivity (Wildman–Crippen MR) is 218 cm³/mol. The van der Waals surface area contributed by atoms with Gasteiger partial charge in [0, 0.05) is 20.0 Å². The van der Waals surface area contributed by atoms with Crippen molar-refractivity contribution in [2.24, 2.45) is 0 Å². The minimum atomic E-state index is -1.06. The van der Waals surface area contributed by atoms with E-state index in [1.54, 1.807) is 12.4 Å². The first-order valence-electron chi connectivity index (χ1n) is 19.9. The zero-order valence-electron chi connectivity index (χ0n) is 33.5. The molecule has 16 heteroatoms. The van der Waals surface area contributed by atoms with Gasteiger partial charge in [0.25, 0.3) is 0 Å². The van der Waals surface area contributed by atoms with E-state index in [0.29, 0.717) is 18.0 Å². The van der Waals surface area contributed by atoms with Gasteiger partial charge in [-0.2, -0.15) is 0 Å². The molecular formula is C45H48N6O10. The number of nitrogens with zero attached hydrogens (tertiary/aromatic N) is 6.